The topological polar surface area (TPSA) is 82.8 Å². The number of aromatic nitrogens is 1. The van der Waals surface area contributed by atoms with Crippen molar-refractivity contribution in [2.24, 2.45) is 0 Å². The van der Waals surface area contributed by atoms with Gasteiger partial charge in [-0.05, 0) is 24.3 Å². The Morgan fingerprint density at radius 1 is 1.25 bits per heavy atom. The van der Waals surface area contributed by atoms with Crippen molar-refractivity contribution in [3.63, 3.8) is 0 Å². The molecule has 1 aromatic heterocycles. The van der Waals surface area contributed by atoms with E-state index in [2.05, 4.69) is 0 Å². The summed E-state index contributed by atoms with van der Waals surface area (Å²) in [6.07, 6.45) is 1.54. The first-order valence-electron chi connectivity index (χ1n) is 5.93. The molecule has 20 heavy (non-hydrogen) atoms. The molecule has 1 heterocycles. The lowest BCUT2D eigenvalue weighted by molar-refractivity contribution is -0.137. The number of phenolic OH excluding ortho intramolecular Hbond substituents is 1. The smallest absolute Gasteiger partial charge is 0.323 e. The molecule has 0 saturated carbocycles. The second kappa shape index (κ2) is 5.48. The van der Waals surface area contributed by atoms with E-state index in [1.165, 1.54) is 27.8 Å². The highest BCUT2D eigenvalue weighted by atomic mass is 16.4. The number of rotatable bonds is 4. The zero-order chi connectivity index (χ0) is 14.7. The van der Waals surface area contributed by atoms with Crippen molar-refractivity contribution in [3.8, 4) is 5.75 Å². The van der Waals surface area contributed by atoms with Gasteiger partial charge >= 0.3 is 5.97 Å². The highest BCUT2D eigenvalue weighted by molar-refractivity contribution is 6.04. The van der Waals surface area contributed by atoms with Crippen molar-refractivity contribution in [2.75, 3.05) is 11.9 Å². The Balaban J connectivity index is 2.27. The van der Waals surface area contributed by atoms with Gasteiger partial charge in [0.2, 0.25) is 0 Å². The molecule has 0 saturated heterocycles. The number of carbonyl (C=O) groups is 2. The summed E-state index contributed by atoms with van der Waals surface area (Å²) in [6.45, 7) is -0.276. The standard InChI is InChI=1S/C14H14N2O4/c1-15(10-4-2-5-11(17)8-10)14(20)12-6-3-7-16(12)9-13(18)19/h2-8,17H,9H2,1H3,(H,18,19). The van der Waals surface area contributed by atoms with Gasteiger partial charge in [-0.2, -0.15) is 0 Å². The van der Waals surface area contributed by atoms with Crippen LogP contribution in [0.15, 0.2) is 42.6 Å². The monoisotopic (exact) mass is 274 g/mol. The summed E-state index contributed by atoms with van der Waals surface area (Å²) in [5, 5.41) is 18.2. The number of hydrogen-bond acceptors (Lipinski definition) is 3. The van der Waals surface area contributed by atoms with E-state index in [9.17, 15) is 14.7 Å². The number of amides is 1. The van der Waals surface area contributed by atoms with Crippen LogP contribution in [-0.4, -0.2) is 33.7 Å². The molecule has 0 atom stereocenters. The Kier molecular flexibility index (Phi) is 3.74. The molecule has 0 aliphatic rings. The van der Waals surface area contributed by atoms with Crippen LogP contribution in [0, 0.1) is 0 Å². The van der Waals surface area contributed by atoms with Crippen LogP contribution in [0.1, 0.15) is 10.5 Å². The van der Waals surface area contributed by atoms with E-state index in [1.807, 2.05) is 0 Å². The zero-order valence-electron chi connectivity index (χ0n) is 10.9. The van der Waals surface area contributed by atoms with Gasteiger partial charge in [0.15, 0.2) is 0 Å². The van der Waals surface area contributed by atoms with Crippen molar-refractivity contribution in [3.05, 3.63) is 48.3 Å². The van der Waals surface area contributed by atoms with E-state index in [-0.39, 0.29) is 23.9 Å². The van der Waals surface area contributed by atoms with Gasteiger partial charge in [0.05, 0.1) is 0 Å². The molecular formula is C14H14N2O4. The summed E-state index contributed by atoms with van der Waals surface area (Å²) in [4.78, 5) is 24.5. The Hall–Kier alpha value is -2.76. The van der Waals surface area contributed by atoms with Crippen LogP contribution in [-0.2, 0) is 11.3 Å². The summed E-state index contributed by atoms with van der Waals surface area (Å²) in [5.41, 5.74) is 0.802. The molecule has 2 aromatic rings. The first kappa shape index (κ1) is 13.7. The summed E-state index contributed by atoms with van der Waals surface area (Å²) < 4.78 is 1.37. The van der Waals surface area contributed by atoms with Gasteiger partial charge in [0.1, 0.15) is 18.0 Å². The van der Waals surface area contributed by atoms with Gasteiger partial charge in [-0.1, -0.05) is 6.07 Å². The van der Waals surface area contributed by atoms with Crippen LogP contribution in [0.25, 0.3) is 0 Å². The number of phenols is 1. The lowest BCUT2D eigenvalue weighted by Gasteiger charge is -2.18. The zero-order valence-corrected chi connectivity index (χ0v) is 10.9. The first-order valence-corrected chi connectivity index (χ1v) is 5.93. The Labute approximate surface area is 115 Å². The maximum Gasteiger partial charge on any atom is 0.323 e. The minimum atomic E-state index is -1.02. The third kappa shape index (κ3) is 2.80. The molecular weight excluding hydrogens is 260 g/mol. The van der Waals surface area contributed by atoms with Crippen LogP contribution in [0.2, 0.25) is 0 Å². The van der Waals surface area contributed by atoms with Gasteiger partial charge in [0, 0.05) is 25.0 Å². The van der Waals surface area contributed by atoms with Gasteiger partial charge in [0.25, 0.3) is 5.91 Å². The van der Waals surface area contributed by atoms with Gasteiger partial charge in [-0.3, -0.25) is 9.59 Å². The number of nitrogens with zero attached hydrogens (tertiary/aromatic N) is 2. The largest absolute Gasteiger partial charge is 0.508 e. The fourth-order valence-corrected chi connectivity index (χ4v) is 1.88. The molecule has 0 aliphatic carbocycles. The second-order valence-corrected chi connectivity index (χ2v) is 4.30. The molecule has 0 bridgehead atoms. The highest BCUT2D eigenvalue weighted by Gasteiger charge is 2.18. The number of aliphatic carboxylic acids is 1. The predicted octanol–water partition coefficient (Wildman–Crippen LogP) is 1.55. The number of anilines is 1. The Morgan fingerprint density at radius 2 is 2.00 bits per heavy atom. The average Bonchev–Trinajstić information content (AvgIpc) is 2.84. The normalized spacial score (nSPS) is 10.2. The molecule has 1 amide bonds. The SMILES string of the molecule is CN(C(=O)c1cccn1CC(=O)O)c1cccc(O)c1. The average molecular weight is 274 g/mol. The third-order valence-corrected chi connectivity index (χ3v) is 2.88. The fourth-order valence-electron chi connectivity index (χ4n) is 1.88. The van der Waals surface area contributed by atoms with Crippen molar-refractivity contribution in [1.82, 2.24) is 4.57 Å². The lowest BCUT2D eigenvalue weighted by Crippen LogP contribution is -2.29. The molecule has 0 radical (unpaired) electrons. The number of carbonyl (C=O) groups excluding carboxylic acids is 1. The number of benzene rings is 1. The lowest BCUT2D eigenvalue weighted by atomic mass is 10.2. The Morgan fingerprint density at radius 3 is 2.65 bits per heavy atom. The fraction of sp³-hybridized carbons (Fsp3) is 0.143. The van der Waals surface area contributed by atoms with E-state index >= 15 is 0 Å². The molecule has 2 rings (SSSR count). The van der Waals surface area contributed by atoms with Gasteiger partial charge in [-0.15, -0.1) is 0 Å². The van der Waals surface area contributed by atoms with Crippen molar-refractivity contribution < 1.29 is 19.8 Å². The number of hydrogen-bond donors (Lipinski definition) is 2. The molecule has 2 N–H and O–H groups in total. The number of carboxylic acids is 1. The molecule has 104 valence electrons. The Bertz CT molecular complexity index is 648. The predicted molar refractivity (Wildman–Crippen MR) is 72.9 cm³/mol. The van der Waals surface area contributed by atoms with E-state index < -0.39 is 5.97 Å². The van der Waals surface area contributed by atoms with Gasteiger partial charge < -0.3 is 19.7 Å². The maximum absolute atomic E-state index is 12.4. The molecule has 6 heteroatoms. The molecule has 0 fully saturated rings. The van der Waals surface area contributed by atoms with Crippen LogP contribution >= 0.6 is 0 Å². The van der Waals surface area contributed by atoms with Crippen LogP contribution in [0.5, 0.6) is 5.75 Å². The van der Waals surface area contributed by atoms with E-state index in [4.69, 9.17) is 5.11 Å². The van der Waals surface area contributed by atoms with E-state index in [1.54, 1.807) is 31.3 Å². The van der Waals surface area contributed by atoms with Crippen molar-refractivity contribution in [2.45, 2.75) is 6.54 Å². The molecule has 1 aromatic carbocycles. The minimum absolute atomic E-state index is 0.0584. The number of aromatic hydroxyl groups is 1. The molecule has 0 unspecified atom stereocenters. The minimum Gasteiger partial charge on any atom is -0.508 e. The summed E-state index contributed by atoms with van der Waals surface area (Å²) in [6, 6.07) is 9.46. The van der Waals surface area contributed by atoms with Crippen LogP contribution in [0.3, 0.4) is 0 Å². The van der Waals surface area contributed by atoms with Crippen LogP contribution < -0.4 is 4.90 Å². The summed E-state index contributed by atoms with van der Waals surface area (Å²) in [7, 11) is 1.56. The van der Waals surface area contributed by atoms with Crippen molar-refractivity contribution >= 4 is 17.6 Å². The first-order chi connectivity index (χ1) is 9.49. The molecule has 0 spiro atoms. The molecule has 6 nitrogen and oxygen atoms in total. The summed E-state index contributed by atoms with van der Waals surface area (Å²) in [5.74, 6) is -1.31. The van der Waals surface area contributed by atoms with Crippen LogP contribution in [0.4, 0.5) is 5.69 Å². The highest BCUT2D eigenvalue weighted by Crippen LogP contribution is 2.20. The molecule has 0 aliphatic heterocycles. The number of carboxylic acid groups (broad SMARTS) is 1. The van der Waals surface area contributed by atoms with Gasteiger partial charge in [-0.25, -0.2) is 0 Å². The van der Waals surface area contributed by atoms with Crippen molar-refractivity contribution in [1.29, 1.82) is 0 Å². The van der Waals surface area contributed by atoms with E-state index in [0.29, 0.717) is 5.69 Å². The quantitative estimate of drug-likeness (QED) is 0.886. The third-order valence-electron chi connectivity index (χ3n) is 2.88. The maximum atomic E-state index is 12.4. The van der Waals surface area contributed by atoms with E-state index in [0.717, 1.165) is 0 Å². The summed E-state index contributed by atoms with van der Waals surface area (Å²) >= 11 is 0. The second-order valence-electron chi connectivity index (χ2n) is 4.30.